The summed E-state index contributed by atoms with van der Waals surface area (Å²) in [6, 6.07) is 21.1. The number of hydrogen-bond donors (Lipinski definition) is 1. The number of methoxy groups -OCH3 is 2. The summed E-state index contributed by atoms with van der Waals surface area (Å²) in [5.41, 5.74) is 0.952. The molecule has 0 heterocycles. The van der Waals surface area contributed by atoms with E-state index in [0.717, 1.165) is 9.87 Å². The van der Waals surface area contributed by atoms with Gasteiger partial charge >= 0.3 is 0 Å². The molecule has 3 aromatic rings. The predicted octanol–water partition coefficient (Wildman–Crippen LogP) is 4.48. The molecule has 3 rings (SSSR count). The first kappa shape index (κ1) is 31.5. The fourth-order valence-corrected chi connectivity index (χ4v) is 5.78. The van der Waals surface area contributed by atoms with Crippen molar-refractivity contribution in [3.05, 3.63) is 84.4 Å². The number of benzene rings is 3. The molecule has 0 spiro atoms. The molecule has 0 aromatic heterocycles. The third-order valence-electron chi connectivity index (χ3n) is 6.53. The lowest BCUT2D eigenvalue weighted by atomic mass is 10.1. The molecule has 0 fully saturated rings. The van der Waals surface area contributed by atoms with Crippen molar-refractivity contribution in [3.8, 4) is 11.5 Å². The van der Waals surface area contributed by atoms with Crippen LogP contribution in [-0.4, -0.2) is 58.5 Å². The summed E-state index contributed by atoms with van der Waals surface area (Å²) in [6.45, 7) is 5.82. The van der Waals surface area contributed by atoms with Crippen LogP contribution in [0.15, 0.2) is 83.8 Å². The van der Waals surface area contributed by atoms with Gasteiger partial charge in [-0.05, 0) is 42.2 Å². The fraction of sp³-hybridized carbons (Fsp3) is 0.355. The third-order valence-corrected chi connectivity index (χ3v) is 8.30. The number of carbonyl (C=O) groups excluding carboxylic acids is 2. The lowest BCUT2D eigenvalue weighted by Gasteiger charge is -2.33. The van der Waals surface area contributed by atoms with Crippen molar-refractivity contribution >= 4 is 27.5 Å². The van der Waals surface area contributed by atoms with E-state index in [0.29, 0.717) is 18.7 Å². The highest BCUT2D eigenvalue weighted by Gasteiger charge is 2.35. The van der Waals surface area contributed by atoms with Crippen LogP contribution in [0.5, 0.6) is 11.5 Å². The maximum Gasteiger partial charge on any atom is 0.264 e. The van der Waals surface area contributed by atoms with Crippen LogP contribution in [0.1, 0.15) is 32.8 Å². The molecule has 0 saturated heterocycles. The van der Waals surface area contributed by atoms with Crippen molar-refractivity contribution < 1.29 is 27.5 Å². The van der Waals surface area contributed by atoms with E-state index in [1.165, 1.54) is 37.3 Å². The van der Waals surface area contributed by atoms with Gasteiger partial charge in [-0.2, -0.15) is 0 Å². The van der Waals surface area contributed by atoms with Crippen LogP contribution in [0.3, 0.4) is 0 Å². The van der Waals surface area contributed by atoms with Gasteiger partial charge in [-0.25, -0.2) is 8.42 Å². The summed E-state index contributed by atoms with van der Waals surface area (Å²) in [5, 5.41) is 2.93. The van der Waals surface area contributed by atoms with Crippen LogP contribution in [0.4, 0.5) is 5.69 Å². The highest BCUT2D eigenvalue weighted by atomic mass is 32.2. The zero-order valence-electron chi connectivity index (χ0n) is 24.2. The van der Waals surface area contributed by atoms with Crippen LogP contribution >= 0.6 is 0 Å². The summed E-state index contributed by atoms with van der Waals surface area (Å²) in [4.78, 5) is 28.9. The van der Waals surface area contributed by atoms with Crippen LogP contribution in [-0.2, 0) is 26.2 Å². The summed E-state index contributed by atoms with van der Waals surface area (Å²) in [7, 11) is -1.34. The van der Waals surface area contributed by atoms with E-state index in [4.69, 9.17) is 9.47 Å². The number of ether oxygens (including phenoxy) is 2. The zero-order valence-corrected chi connectivity index (χ0v) is 25.1. The fourth-order valence-electron chi connectivity index (χ4n) is 4.35. The molecule has 0 radical (unpaired) electrons. The molecular weight excluding hydrogens is 542 g/mol. The molecule has 0 unspecified atom stereocenters. The Balaban J connectivity index is 2.11. The SMILES string of the molecule is CC[C@@H](C(=O)NCC(C)C)N(Cc1ccccc1)C(=O)CN(c1cc(OC)ccc1OC)S(=O)(=O)c1ccccc1. The Bertz CT molecular complexity index is 1400. The normalized spacial score (nSPS) is 12.0. The molecule has 3 aromatic carbocycles. The molecule has 220 valence electrons. The molecule has 0 aliphatic rings. The van der Waals surface area contributed by atoms with E-state index < -0.39 is 28.5 Å². The predicted molar refractivity (Wildman–Crippen MR) is 159 cm³/mol. The monoisotopic (exact) mass is 581 g/mol. The lowest BCUT2D eigenvalue weighted by molar-refractivity contribution is -0.140. The number of nitrogens with zero attached hydrogens (tertiary/aromatic N) is 2. The van der Waals surface area contributed by atoms with Gasteiger partial charge in [0, 0.05) is 19.2 Å². The number of hydrogen-bond acceptors (Lipinski definition) is 6. The third kappa shape index (κ3) is 8.00. The number of sulfonamides is 1. The van der Waals surface area contributed by atoms with Gasteiger partial charge in [-0.1, -0.05) is 69.3 Å². The Kier molecular flexibility index (Phi) is 11.2. The Morgan fingerprint density at radius 3 is 2.10 bits per heavy atom. The van der Waals surface area contributed by atoms with E-state index >= 15 is 0 Å². The Hall–Kier alpha value is -4.05. The number of carbonyl (C=O) groups is 2. The molecule has 0 bridgehead atoms. The van der Waals surface area contributed by atoms with E-state index in [2.05, 4.69) is 5.32 Å². The first-order chi connectivity index (χ1) is 19.6. The second-order valence-corrected chi connectivity index (χ2v) is 11.8. The summed E-state index contributed by atoms with van der Waals surface area (Å²) in [6.07, 6.45) is 0.344. The number of rotatable bonds is 14. The first-order valence-electron chi connectivity index (χ1n) is 13.5. The van der Waals surface area contributed by atoms with Gasteiger partial charge in [-0.15, -0.1) is 0 Å². The topological polar surface area (TPSA) is 105 Å². The number of anilines is 1. The second-order valence-electron chi connectivity index (χ2n) is 9.93. The van der Waals surface area contributed by atoms with Crippen molar-refractivity contribution in [1.82, 2.24) is 10.2 Å². The highest BCUT2D eigenvalue weighted by Crippen LogP contribution is 2.36. The van der Waals surface area contributed by atoms with Crippen molar-refractivity contribution in [2.75, 3.05) is 31.6 Å². The standard InChI is InChI=1S/C31H39N3O6S/c1-6-27(31(36)32-20-23(2)3)33(21-24-13-9-7-10-14-24)30(35)22-34(41(37,38)26-15-11-8-12-16-26)28-19-25(39-4)17-18-29(28)40-5/h7-19,23,27H,6,20-22H2,1-5H3,(H,32,36)/t27-/m0/s1. The first-order valence-corrected chi connectivity index (χ1v) is 15.0. The molecule has 1 N–H and O–H groups in total. The van der Waals surface area contributed by atoms with E-state index in [9.17, 15) is 18.0 Å². The van der Waals surface area contributed by atoms with Crippen LogP contribution in [0.25, 0.3) is 0 Å². The molecule has 0 aliphatic heterocycles. The lowest BCUT2D eigenvalue weighted by Crippen LogP contribution is -2.52. The molecule has 2 amide bonds. The van der Waals surface area contributed by atoms with Gasteiger partial charge in [0.2, 0.25) is 11.8 Å². The molecular formula is C31H39N3O6S. The van der Waals surface area contributed by atoms with E-state index in [1.807, 2.05) is 51.1 Å². The van der Waals surface area contributed by atoms with Crippen molar-refractivity contribution in [2.45, 2.75) is 44.7 Å². The quantitative estimate of drug-likeness (QED) is 0.301. The zero-order chi connectivity index (χ0) is 30.0. The highest BCUT2D eigenvalue weighted by molar-refractivity contribution is 7.92. The molecule has 1 atom stereocenters. The largest absolute Gasteiger partial charge is 0.497 e. The van der Waals surface area contributed by atoms with Crippen LogP contribution in [0.2, 0.25) is 0 Å². The summed E-state index contributed by atoms with van der Waals surface area (Å²) < 4.78 is 40.0. The molecule has 41 heavy (non-hydrogen) atoms. The minimum absolute atomic E-state index is 0.00833. The summed E-state index contributed by atoms with van der Waals surface area (Å²) >= 11 is 0. The number of nitrogens with one attached hydrogen (secondary N) is 1. The Labute approximate surface area is 243 Å². The van der Waals surface area contributed by atoms with Crippen molar-refractivity contribution in [1.29, 1.82) is 0 Å². The Morgan fingerprint density at radius 2 is 1.54 bits per heavy atom. The average Bonchev–Trinajstić information content (AvgIpc) is 2.99. The van der Waals surface area contributed by atoms with E-state index in [1.54, 1.807) is 30.3 Å². The Morgan fingerprint density at radius 1 is 0.902 bits per heavy atom. The average molecular weight is 582 g/mol. The minimum Gasteiger partial charge on any atom is -0.497 e. The smallest absolute Gasteiger partial charge is 0.264 e. The maximum atomic E-state index is 14.2. The maximum absolute atomic E-state index is 14.2. The molecule has 0 saturated carbocycles. The van der Waals surface area contributed by atoms with Gasteiger partial charge in [-0.3, -0.25) is 13.9 Å². The number of amides is 2. The van der Waals surface area contributed by atoms with Gasteiger partial charge in [0.25, 0.3) is 10.0 Å². The minimum atomic E-state index is -4.24. The van der Waals surface area contributed by atoms with Gasteiger partial charge in [0.05, 0.1) is 24.8 Å². The summed E-state index contributed by atoms with van der Waals surface area (Å²) in [5.74, 6) is 0.0324. The van der Waals surface area contributed by atoms with Crippen LogP contribution in [0, 0.1) is 5.92 Å². The molecule has 9 nitrogen and oxygen atoms in total. The van der Waals surface area contributed by atoms with Gasteiger partial charge in [0.1, 0.15) is 24.1 Å². The van der Waals surface area contributed by atoms with Gasteiger partial charge in [0.15, 0.2) is 0 Å². The van der Waals surface area contributed by atoms with Gasteiger partial charge < -0.3 is 19.7 Å². The van der Waals surface area contributed by atoms with Crippen molar-refractivity contribution in [2.24, 2.45) is 5.92 Å². The van der Waals surface area contributed by atoms with Crippen LogP contribution < -0.4 is 19.1 Å². The van der Waals surface area contributed by atoms with E-state index in [-0.39, 0.29) is 34.7 Å². The molecule has 0 aliphatic carbocycles. The second kappa shape index (κ2) is 14.5. The molecule has 10 heteroatoms. The van der Waals surface area contributed by atoms with Crippen molar-refractivity contribution in [3.63, 3.8) is 0 Å².